The Balaban J connectivity index is 2.16. The van der Waals surface area contributed by atoms with Gasteiger partial charge in [-0.3, -0.25) is 9.78 Å². The van der Waals surface area contributed by atoms with E-state index >= 15 is 0 Å². The Morgan fingerprint density at radius 3 is 2.45 bits per heavy atom. The van der Waals surface area contributed by atoms with Gasteiger partial charge in [-0.25, -0.2) is 0 Å². The number of benzene rings is 1. The van der Waals surface area contributed by atoms with Crippen LogP contribution in [0.4, 0.5) is 0 Å². The van der Waals surface area contributed by atoms with E-state index in [0.29, 0.717) is 17.1 Å². The summed E-state index contributed by atoms with van der Waals surface area (Å²) in [5.74, 6) is -0.0152. The lowest BCUT2D eigenvalue weighted by molar-refractivity contribution is 0.0783. The van der Waals surface area contributed by atoms with Gasteiger partial charge in [-0.05, 0) is 38.1 Å². The van der Waals surface area contributed by atoms with Crippen molar-refractivity contribution in [2.75, 3.05) is 7.05 Å². The molecule has 104 valence electrons. The van der Waals surface area contributed by atoms with Gasteiger partial charge in [0, 0.05) is 23.8 Å². The highest BCUT2D eigenvalue weighted by Gasteiger charge is 2.13. The van der Waals surface area contributed by atoms with Gasteiger partial charge in [-0.2, -0.15) is 0 Å². The zero-order chi connectivity index (χ0) is 14.7. The average Bonchev–Trinajstić information content (AvgIpc) is 2.36. The predicted octanol–water partition coefficient (Wildman–Crippen LogP) is 3.62. The highest BCUT2D eigenvalue weighted by molar-refractivity contribution is 6.30. The lowest BCUT2D eigenvalue weighted by atomic mass is 10.1. The third kappa shape index (κ3) is 3.58. The molecule has 4 heteroatoms. The van der Waals surface area contributed by atoms with Crippen molar-refractivity contribution >= 4 is 17.5 Å². The first-order valence-corrected chi connectivity index (χ1v) is 6.77. The summed E-state index contributed by atoms with van der Waals surface area (Å²) < 4.78 is 0. The molecule has 1 aromatic heterocycles. The van der Waals surface area contributed by atoms with E-state index in [1.165, 1.54) is 0 Å². The molecule has 0 bridgehead atoms. The number of carbonyl (C=O) groups excluding carboxylic acids is 1. The number of pyridine rings is 1. The minimum atomic E-state index is -0.0152. The lowest BCUT2D eigenvalue weighted by Gasteiger charge is -2.17. The van der Waals surface area contributed by atoms with Crippen LogP contribution in [0.5, 0.6) is 0 Å². The van der Waals surface area contributed by atoms with E-state index in [4.69, 9.17) is 11.6 Å². The molecular formula is C16H17ClN2O. The minimum absolute atomic E-state index is 0.0152. The fraction of sp³-hybridized carbons (Fsp3) is 0.250. The Morgan fingerprint density at radius 1 is 1.20 bits per heavy atom. The van der Waals surface area contributed by atoms with E-state index in [1.807, 2.05) is 26.0 Å². The summed E-state index contributed by atoms with van der Waals surface area (Å²) in [6.45, 7) is 4.41. The maximum Gasteiger partial charge on any atom is 0.253 e. The molecule has 20 heavy (non-hydrogen) atoms. The fourth-order valence-electron chi connectivity index (χ4n) is 2.17. The Hall–Kier alpha value is -1.87. The average molecular weight is 289 g/mol. The van der Waals surface area contributed by atoms with E-state index in [0.717, 1.165) is 16.8 Å². The van der Waals surface area contributed by atoms with Crippen LogP contribution in [0.25, 0.3) is 0 Å². The molecule has 3 nitrogen and oxygen atoms in total. The summed E-state index contributed by atoms with van der Waals surface area (Å²) in [6, 6.07) is 9.34. The standard InChI is InChI=1S/C16H17ClN2O/c1-11-6-12(2)8-13(7-11)16(20)19(3)10-15-9-14(17)4-5-18-15/h4-9H,10H2,1-3H3. The van der Waals surface area contributed by atoms with Crippen LogP contribution in [0.1, 0.15) is 27.2 Å². The van der Waals surface area contributed by atoms with Gasteiger partial charge in [-0.1, -0.05) is 28.8 Å². The van der Waals surface area contributed by atoms with Crippen molar-refractivity contribution in [2.45, 2.75) is 20.4 Å². The Bertz CT molecular complexity index is 620. The van der Waals surface area contributed by atoms with Crippen molar-refractivity contribution in [3.8, 4) is 0 Å². The topological polar surface area (TPSA) is 33.2 Å². The van der Waals surface area contributed by atoms with Crippen molar-refractivity contribution in [3.05, 3.63) is 63.9 Å². The van der Waals surface area contributed by atoms with Crippen LogP contribution < -0.4 is 0 Å². The fourth-order valence-corrected chi connectivity index (χ4v) is 2.35. The van der Waals surface area contributed by atoms with Crippen LogP contribution in [0, 0.1) is 13.8 Å². The second kappa shape index (κ2) is 6.06. The Kier molecular flexibility index (Phi) is 4.40. The minimum Gasteiger partial charge on any atom is -0.336 e. The van der Waals surface area contributed by atoms with Crippen molar-refractivity contribution in [1.82, 2.24) is 9.88 Å². The third-order valence-corrected chi connectivity index (χ3v) is 3.23. The molecule has 2 aromatic rings. The van der Waals surface area contributed by atoms with Gasteiger partial charge in [0.05, 0.1) is 12.2 Å². The van der Waals surface area contributed by atoms with Gasteiger partial charge >= 0.3 is 0 Å². The summed E-state index contributed by atoms with van der Waals surface area (Å²) >= 11 is 5.92. The van der Waals surface area contributed by atoms with Gasteiger partial charge in [0.15, 0.2) is 0 Å². The number of nitrogens with zero attached hydrogens (tertiary/aromatic N) is 2. The summed E-state index contributed by atoms with van der Waals surface area (Å²) in [7, 11) is 1.77. The van der Waals surface area contributed by atoms with Crippen molar-refractivity contribution in [2.24, 2.45) is 0 Å². The normalized spacial score (nSPS) is 10.4. The molecule has 0 aliphatic heterocycles. The maximum absolute atomic E-state index is 12.4. The van der Waals surface area contributed by atoms with Crippen LogP contribution in [0.3, 0.4) is 0 Å². The first-order chi connectivity index (χ1) is 9.45. The number of hydrogen-bond acceptors (Lipinski definition) is 2. The zero-order valence-corrected chi connectivity index (χ0v) is 12.6. The van der Waals surface area contributed by atoms with Gasteiger partial charge in [0.25, 0.3) is 5.91 Å². The summed E-state index contributed by atoms with van der Waals surface area (Å²) in [6.07, 6.45) is 1.65. The molecule has 0 saturated heterocycles. The van der Waals surface area contributed by atoms with Crippen LogP contribution in [-0.2, 0) is 6.54 Å². The predicted molar refractivity (Wildman–Crippen MR) is 81.0 cm³/mol. The first kappa shape index (κ1) is 14.5. The number of carbonyl (C=O) groups is 1. The second-order valence-electron chi connectivity index (χ2n) is 5.00. The number of hydrogen-bond donors (Lipinski definition) is 0. The number of halogens is 1. The molecule has 0 spiro atoms. The monoisotopic (exact) mass is 288 g/mol. The van der Waals surface area contributed by atoms with Gasteiger partial charge < -0.3 is 4.90 Å². The Labute approximate surface area is 124 Å². The zero-order valence-electron chi connectivity index (χ0n) is 11.9. The van der Waals surface area contributed by atoms with Gasteiger partial charge in [0.1, 0.15) is 0 Å². The van der Waals surface area contributed by atoms with Gasteiger partial charge in [-0.15, -0.1) is 0 Å². The molecule has 0 saturated carbocycles. The largest absolute Gasteiger partial charge is 0.336 e. The van der Waals surface area contributed by atoms with E-state index in [2.05, 4.69) is 11.1 Å². The first-order valence-electron chi connectivity index (χ1n) is 6.40. The quantitative estimate of drug-likeness (QED) is 0.864. The number of rotatable bonds is 3. The molecule has 0 N–H and O–H groups in total. The number of aromatic nitrogens is 1. The van der Waals surface area contributed by atoms with Crippen LogP contribution >= 0.6 is 11.6 Å². The highest BCUT2D eigenvalue weighted by Crippen LogP contribution is 2.14. The van der Waals surface area contributed by atoms with Crippen LogP contribution in [0.2, 0.25) is 5.02 Å². The second-order valence-corrected chi connectivity index (χ2v) is 5.44. The molecular weight excluding hydrogens is 272 g/mol. The number of aryl methyl sites for hydroxylation is 2. The molecule has 0 radical (unpaired) electrons. The lowest BCUT2D eigenvalue weighted by Crippen LogP contribution is -2.26. The highest BCUT2D eigenvalue weighted by atomic mass is 35.5. The van der Waals surface area contributed by atoms with E-state index in [9.17, 15) is 4.79 Å². The van der Waals surface area contributed by atoms with Gasteiger partial charge in [0.2, 0.25) is 0 Å². The van der Waals surface area contributed by atoms with Crippen molar-refractivity contribution in [3.63, 3.8) is 0 Å². The molecule has 1 amide bonds. The molecule has 2 rings (SSSR count). The SMILES string of the molecule is Cc1cc(C)cc(C(=O)N(C)Cc2cc(Cl)ccn2)c1. The van der Waals surface area contributed by atoms with Crippen LogP contribution in [0.15, 0.2) is 36.5 Å². The van der Waals surface area contributed by atoms with E-state index < -0.39 is 0 Å². The van der Waals surface area contributed by atoms with Crippen molar-refractivity contribution in [1.29, 1.82) is 0 Å². The molecule has 0 aliphatic rings. The van der Waals surface area contributed by atoms with Crippen LogP contribution in [-0.4, -0.2) is 22.8 Å². The van der Waals surface area contributed by atoms with Crippen molar-refractivity contribution < 1.29 is 4.79 Å². The molecule has 0 atom stereocenters. The van der Waals surface area contributed by atoms with E-state index in [1.54, 1.807) is 30.3 Å². The molecule has 1 heterocycles. The number of amides is 1. The summed E-state index contributed by atoms with van der Waals surface area (Å²) in [5, 5.41) is 0.627. The summed E-state index contributed by atoms with van der Waals surface area (Å²) in [4.78, 5) is 18.3. The van der Waals surface area contributed by atoms with E-state index in [-0.39, 0.29) is 5.91 Å². The molecule has 0 aliphatic carbocycles. The molecule has 1 aromatic carbocycles. The Morgan fingerprint density at radius 2 is 1.85 bits per heavy atom. The smallest absolute Gasteiger partial charge is 0.253 e. The summed E-state index contributed by atoms with van der Waals surface area (Å²) in [5.41, 5.74) is 3.65. The molecule has 0 unspecified atom stereocenters. The molecule has 0 fully saturated rings. The maximum atomic E-state index is 12.4. The third-order valence-electron chi connectivity index (χ3n) is 2.99.